The summed E-state index contributed by atoms with van der Waals surface area (Å²) in [5.74, 6) is 0. The molecule has 140 valence electrons. The van der Waals surface area contributed by atoms with Crippen molar-refractivity contribution < 1.29 is 9.47 Å². The molecule has 4 aromatic rings. The van der Waals surface area contributed by atoms with Crippen molar-refractivity contribution in [3.8, 4) is 0 Å². The average molecular weight is 374 g/mol. The van der Waals surface area contributed by atoms with E-state index in [9.17, 15) is 9.59 Å². The molecule has 0 radical (unpaired) electrons. The number of rotatable bonds is 2. The normalized spacial score (nSPS) is 18.8. The summed E-state index contributed by atoms with van der Waals surface area (Å²) in [5.41, 5.74) is 3.01. The third kappa shape index (κ3) is 2.28. The summed E-state index contributed by atoms with van der Waals surface area (Å²) >= 11 is 0. The Labute approximate surface area is 159 Å². The summed E-state index contributed by atoms with van der Waals surface area (Å²) in [6.07, 6.45) is 2.86. The molecule has 2 aromatic heterocycles. The molecule has 2 aromatic carbocycles. The van der Waals surface area contributed by atoms with Crippen molar-refractivity contribution in [1.82, 2.24) is 9.97 Å². The van der Waals surface area contributed by atoms with E-state index in [1.807, 2.05) is 30.4 Å². The molecule has 0 bridgehead atoms. The second-order valence-corrected chi connectivity index (χ2v) is 6.94. The molecule has 2 atom stereocenters. The van der Waals surface area contributed by atoms with Gasteiger partial charge in [0.25, 0.3) is 0 Å². The third-order valence-electron chi connectivity index (χ3n) is 5.45. The molecular weight excluding hydrogens is 356 g/mol. The van der Waals surface area contributed by atoms with Crippen LogP contribution in [0.4, 0.5) is 0 Å². The number of ether oxygens (including phenoxy) is 2. The number of H-pyrrole nitrogens is 2. The molecule has 2 heterocycles. The lowest BCUT2D eigenvalue weighted by atomic mass is 9.94. The lowest BCUT2D eigenvalue weighted by Gasteiger charge is -2.27. The van der Waals surface area contributed by atoms with Crippen LogP contribution < -0.4 is 10.9 Å². The second-order valence-electron chi connectivity index (χ2n) is 6.94. The summed E-state index contributed by atoms with van der Waals surface area (Å²) in [6.45, 7) is 0. The predicted molar refractivity (Wildman–Crippen MR) is 110 cm³/mol. The van der Waals surface area contributed by atoms with Gasteiger partial charge in [0, 0.05) is 41.6 Å². The maximum atomic E-state index is 13.3. The maximum Gasteiger partial charge on any atom is 0.197 e. The fourth-order valence-corrected chi connectivity index (χ4v) is 4.07. The number of hydrogen-bond donors (Lipinski definition) is 2. The summed E-state index contributed by atoms with van der Waals surface area (Å²) in [5, 5.41) is 1.67. The van der Waals surface area contributed by atoms with Gasteiger partial charge in [-0.25, -0.2) is 0 Å². The fourth-order valence-electron chi connectivity index (χ4n) is 4.07. The van der Waals surface area contributed by atoms with Crippen molar-refractivity contribution in [3.63, 3.8) is 0 Å². The van der Waals surface area contributed by atoms with Gasteiger partial charge in [-0.05, 0) is 30.3 Å². The van der Waals surface area contributed by atoms with Gasteiger partial charge in [-0.1, -0.05) is 18.2 Å². The van der Waals surface area contributed by atoms with Gasteiger partial charge in [-0.15, -0.1) is 0 Å². The molecule has 6 heteroatoms. The maximum absolute atomic E-state index is 13.3. The van der Waals surface area contributed by atoms with Crippen LogP contribution in [-0.4, -0.2) is 30.3 Å². The van der Waals surface area contributed by atoms with Gasteiger partial charge >= 0.3 is 0 Å². The topological polar surface area (TPSA) is 84.2 Å². The van der Waals surface area contributed by atoms with Gasteiger partial charge in [0.1, 0.15) is 12.2 Å². The largest absolute Gasteiger partial charge is 0.374 e. The van der Waals surface area contributed by atoms with Crippen LogP contribution in [0, 0.1) is 0 Å². The van der Waals surface area contributed by atoms with E-state index in [0.29, 0.717) is 38.4 Å². The molecule has 0 fully saturated rings. The Balaban J connectivity index is 1.88. The number of benzene rings is 2. The molecule has 0 spiro atoms. The fraction of sp³-hybridized carbons (Fsp3) is 0.182. The van der Waals surface area contributed by atoms with Gasteiger partial charge in [0.15, 0.2) is 10.9 Å². The van der Waals surface area contributed by atoms with E-state index >= 15 is 0 Å². The zero-order valence-corrected chi connectivity index (χ0v) is 15.4. The zero-order chi connectivity index (χ0) is 19.4. The van der Waals surface area contributed by atoms with Crippen LogP contribution in [0.3, 0.4) is 0 Å². The van der Waals surface area contributed by atoms with E-state index < -0.39 is 6.10 Å². The quantitative estimate of drug-likeness (QED) is 0.528. The first kappa shape index (κ1) is 16.9. The third-order valence-corrected chi connectivity index (χ3v) is 5.45. The predicted octanol–water partition coefficient (Wildman–Crippen LogP) is 3.25. The summed E-state index contributed by atoms with van der Waals surface area (Å²) < 4.78 is 11.0. The number of pyridine rings is 2. The molecule has 1 aliphatic carbocycles. The molecule has 5 rings (SSSR count). The number of hydrogen-bond acceptors (Lipinski definition) is 4. The molecule has 0 saturated carbocycles. The van der Waals surface area contributed by atoms with Gasteiger partial charge in [0.2, 0.25) is 0 Å². The smallest absolute Gasteiger partial charge is 0.197 e. The van der Waals surface area contributed by atoms with Crippen molar-refractivity contribution in [2.45, 2.75) is 12.2 Å². The minimum atomic E-state index is -0.496. The lowest BCUT2D eigenvalue weighted by molar-refractivity contribution is -0.0145. The van der Waals surface area contributed by atoms with Crippen LogP contribution in [0.5, 0.6) is 0 Å². The van der Waals surface area contributed by atoms with Crippen molar-refractivity contribution >= 4 is 38.8 Å². The number of aromatic amines is 2. The summed E-state index contributed by atoms with van der Waals surface area (Å²) in [6, 6.07) is 10.8. The van der Waals surface area contributed by atoms with E-state index in [2.05, 4.69) is 9.97 Å². The summed E-state index contributed by atoms with van der Waals surface area (Å²) in [4.78, 5) is 32.8. The molecule has 0 amide bonds. The van der Waals surface area contributed by atoms with Crippen molar-refractivity contribution in [2.75, 3.05) is 14.2 Å². The van der Waals surface area contributed by atoms with Crippen molar-refractivity contribution in [2.24, 2.45) is 0 Å². The van der Waals surface area contributed by atoms with Gasteiger partial charge in [0.05, 0.1) is 16.6 Å². The molecule has 6 nitrogen and oxygen atoms in total. The lowest BCUT2D eigenvalue weighted by Crippen LogP contribution is -2.30. The average Bonchev–Trinajstić information content (AvgIpc) is 2.72. The highest BCUT2D eigenvalue weighted by molar-refractivity contribution is 6.00. The monoisotopic (exact) mass is 374 g/mol. The van der Waals surface area contributed by atoms with Gasteiger partial charge in [-0.2, -0.15) is 0 Å². The number of nitrogens with one attached hydrogen (secondary N) is 2. The first-order chi connectivity index (χ1) is 13.6. The highest BCUT2D eigenvalue weighted by Crippen LogP contribution is 2.31. The summed E-state index contributed by atoms with van der Waals surface area (Å²) in [7, 11) is 3.15. The van der Waals surface area contributed by atoms with Crippen LogP contribution in [0.2, 0.25) is 0 Å². The molecular formula is C22H18N2O4. The van der Waals surface area contributed by atoms with Crippen LogP contribution in [0.1, 0.15) is 17.4 Å². The van der Waals surface area contributed by atoms with E-state index in [4.69, 9.17) is 9.47 Å². The standard InChI is InChI=1S/C22H18N2O4/c1-27-18-8-7-15-19(22(18)28-2)21(26)13-10-16-12(9-17(13)24-15)20(25)11-5-3-4-6-14(11)23-16/h3-10,18,22H,1-2H3,(H,23,25)(H,24,26). The van der Waals surface area contributed by atoms with Crippen molar-refractivity contribution in [1.29, 1.82) is 0 Å². The van der Waals surface area contributed by atoms with Crippen LogP contribution in [0.25, 0.3) is 38.8 Å². The minimum absolute atomic E-state index is 0.0606. The van der Waals surface area contributed by atoms with E-state index in [-0.39, 0.29) is 17.0 Å². The van der Waals surface area contributed by atoms with Crippen molar-refractivity contribution in [3.05, 3.63) is 74.2 Å². The van der Waals surface area contributed by atoms with Crippen LogP contribution >= 0.6 is 0 Å². The number of methoxy groups -OCH3 is 2. The van der Waals surface area contributed by atoms with E-state index in [1.54, 1.807) is 32.4 Å². The Morgan fingerprint density at radius 1 is 0.821 bits per heavy atom. The zero-order valence-electron chi connectivity index (χ0n) is 15.4. The molecule has 0 saturated heterocycles. The number of para-hydroxylation sites is 1. The Kier molecular flexibility index (Phi) is 3.72. The Morgan fingerprint density at radius 2 is 1.54 bits per heavy atom. The molecule has 28 heavy (non-hydrogen) atoms. The molecule has 2 N–H and O–H groups in total. The molecule has 0 aliphatic heterocycles. The highest BCUT2D eigenvalue weighted by Gasteiger charge is 2.30. The van der Waals surface area contributed by atoms with Crippen LogP contribution in [0.15, 0.2) is 52.1 Å². The minimum Gasteiger partial charge on any atom is -0.374 e. The second kappa shape index (κ2) is 6.15. The highest BCUT2D eigenvalue weighted by atomic mass is 16.5. The Bertz CT molecular complexity index is 1400. The van der Waals surface area contributed by atoms with E-state index in [1.165, 1.54) is 0 Å². The van der Waals surface area contributed by atoms with Gasteiger partial charge in [-0.3, -0.25) is 9.59 Å². The Hall–Kier alpha value is -3.22. The number of aromatic nitrogens is 2. The van der Waals surface area contributed by atoms with Crippen LogP contribution in [-0.2, 0) is 9.47 Å². The molecule has 1 aliphatic rings. The van der Waals surface area contributed by atoms with E-state index in [0.717, 1.165) is 5.52 Å². The first-order valence-corrected chi connectivity index (χ1v) is 9.01. The van der Waals surface area contributed by atoms with Gasteiger partial charge < -0.3 is 19.4 Å². The molecule has 2 unspecified atom stereocenters. The first-order valence-electron chi connectivity index (χ1n) is 9.01. The Morgan fingerprint density at radius 3 is 2.29 bits per heavy atom. The SMILES string of the molecule is COC1C=Cc2[nH]c3cc4c(=O)c5ccccc5[nH]c4cc3c(=O)c2C1OC. The number of fused-ring (bicyclic) bond motifs is 4.